The first-order valence-corrected chi connectivity index (χ1v) is 6.64. The third-order valence-electron chi connectivity index (χ3n) is 3.22. The molecule has 0 N–H and O–H groups in total. The van der Waals surface area contributed by atoms with Gasteiger partial charge in [0.2, 0.25) is 5.91 Å². The van der Waals surface area contributed by atoms with Crippen LogP contribution >= 0.6 is 0 Å². The lowest BCUT2D eigenvalue weighted by atomic mass is 10.1. The third-order valence-corrected chi connectivity index (χ3v) is 3.22. The molecule has 1 fully saturated rings. The number of benzene rings is 1. The van der Waals surface area contributed by atoms with E-state index in [-0.39, 0.29) is 12.0 Å². The summed E-state index contributed by atoms with van der Waals surface area (Å²) in [6.45, 7) is 4.44. The fourth-order valence-corrected chi connectivity index (χ4v) is 2.05. The molecule has 0 spiro atoms. The van der Waals surface area contributed by atoms with Crippen molar-refractivity contribution in [3.05, 3.63) is 35.9 Å². The maximum atomic E-state index is 12.0. The van der Waals surface area contributed by atoms with Crippen molar-refractivity contribution in [1.82, 2.24) is 4.90 Å². The van der Waals surface area contributed by atoms with E-state index in [0.717, 1.165) is 12.0 Å². The summed E-state index contributed by atoms with van der Waals surface area (Å²) in [5.74, 6) is 0.310. The third kappa shape index (κ3) is 3.34. The Labute approximate surface area is 113 Å². The van der Waals surface area contributed by atoms with E-state index >= 15 is 0 Å². The van der Waals surface area contributed by atoms with E-state index in [2.05, 4.69) is 13.8 Å². The minimum Gasteiger partial charge on any atom is -0.439 e. The molecule has 1 aromatic carbocycles. The van der Waals surface area contributed by atoms with E-state index in [1.54, 1.807) is 0 Å². The number of imide groups is 1. The molecule has 0 aromatic heterocycles. The SMILES string of the molecule is CC(C)CCC(=O)N1CC(c2ccccc2)OC1=O. The lowest BCUT2D eigenvalue weighted by molar-refractivity contribution is -0.128. The van der Waals surface area contributed by atoms with Crippen molar-refractivity contribution in [2.24, 2.45) is 5.92 Å². The van der Waals surface area contributed by atoms with Crippen molar-refractivity contribution in [2.45, 2.75) is 32.8 Å². The molecule has 0 bridgehead atoms. The van der Waals surface area contributed by atoms with E-state index in [9.17, 15) is 9.59 Å². The number of carbonyl (C=O) groups is 2. The Bertz CT molecular complexity index is 456. The average molecular weight is 261 g/mol. The van der Waals surface area contributed by atoms with Gasteiger partial charge in [-0.15, -0.1) is 0 Å². The lowest BCUT2D eigenvalue weighted by Gasteiger charge is -2.12. The van der Waals surface area contributed by atoms with Crippen molar-refractivity contribution < 1.29 is 14.3 Å². The summed E-state index contributed by atoms with van der Waals surface area (Å²) < 4.78 is 5.25. The van der Waals surface area contributed by atoms with Gasteiger partial charge in [-0.25, -0.2) is 9.69 Å². The molecule has 0 aliphatic carbocycles. The zero-order valence-corrected chi connectivity index (χ0v) is 11.3. The molecule has 4 nitrogen and oxygen atoms in total. The van der Waals surface area contributed by atoms with Gasteiger partial charge in [-0.05, 0) is 17.9 Å². The smallest absolute Gasteiger partial charge is 0.417 e. The Kier molecular flexibility index (Phi) is 4.20. The van der Waals surface area contributed by atoms with E-state index in [0.29, 0.717) is 18.9 Å². The Balaban J connectivity index is 1.98. The molecule has 19 heavy (non-hydrogen) atoms. The highest BCUT2D eigenvalue weighted by Gasteiger charge is 2.35. The first kappa shape index (κ1) is 13.6. The summed E-state index contributed by atoms with van der Waals surface area (Å²) in [6.07, 6.45) is 0.326. The fourth-order valence-electron chi connectivity index (χ4n) is 2.05. The number of carbonyl (C=O) groups excluding carboxylic acids is 2. The second-order valence-electron chi connectivity index (χ2n) is 5.22. The standard InChI is InChI=1S/C15H19NO3/c1-11(2)8-9-14(17)16-10-13(19-15(16)18)12-6-4-3-5-7-12/h3-7,11,13H,8-10H2,1-2H3. The van der Waals surface area contributed by atoms with Gasteiger partial charge in [0.25, 0.3) is 0 Å². The number of ether oxygens (including phenoxy) is 1. The first-order chi connectivity index (χ1) is 9.08. The molecule has 2 amide bonds. The molecule has 1 heterocycles. The molecule has 1 aromatic rings. The lowest BCUT2D eigenvalue weighted by Crippen LogP contribution is -2.31. The Morgan fingerprint density at radius 3 is 2.68 bits per heavy atom. The predicted molar refractivity (Wildman–Crippen MR) is 71.4 cm³/mol. The number of hydrogen-bond donors (Lipinski definition) is 0. The summed E-state index contributed by atoms with van der Waals surface area (Å²) in [7, 11) is 0. The minimum atomic E-state index is -0.525. The Morgan fingerprint density at radius 1 is 1.37 bits per heavy atom. The van der Waals surface area contributed by atoms with Gasteiger partial charge in [-0.2, -0.15) is 0 Å². The highest BCUT2D eigenvalue weighted by Crippen LogP contribution is 2.26. The minimum absolute atomic E-state index is 0.142. The van der Waals surface area contributed by atoms with E-state index in [1.807, 2.05) is 30.3 Å². The zero-order valence-electron chi connectivity index (χ0n) is 11.3. The van der Waals surface area contributed by atoms with Crippen LogP contribution in [0.2, 0.25) is 0 Å². The highest BCUT2D eigenvalue weighted by atomic mass is 16.6. The van der Waals surface area contributed by atoms with Crippen LogP contribution in [0.1, 0.15) is 38.4 Å². The zero-order chi connectivity index (χ0) is 13.8. The van der Waals surface area contributed by atoms with Gasteiger partial charge in [-0.1, -0.05) is 44.2 Å². The summed E-state index contributed by atoms with van der Waals surface area (Å²) in [5, 5.41) is 0. The van der Waals surface area contributed by atoms with Gasteiger partial charge in [0.15, 0.2) is 0 Å². The van der Waals surface area contributed by atoms with Crippen LogP contribution in [0, 0.1) is 5.92 Å². The van der Waals surface area contributed by atoms with Gasteiger partial charge in [0.05, 0.1) is 6.54 Å². The molecule has 102 valence electrons. The van der Waals surface area contributed by atoms with Crippen LogP contribution in [0.3, 0.4) is 0 Å². The van der Waals surface area contributed by atoms with E-state index in [1.165, 1.54) is 4.90 Å². The molecule has 1 saturated heterocycles. The molecule has 0 radical (unpaired) electrons. The van der Waals surface area contributed by atoms with Crippen molar-refractivity contribution in [3.8, 4) is 0 Å². The number of amides is 2. The summed E-state index contributed by atoms with van der Waals surface area (Å²) in [6, 6.07) is 9.50. The van der Waals surface area contributed by atoms with Crippen LogP contribution in [0.25, 0.3) is 0 Å². The van der Waals surface area contributed by atoms with Gasteiger partial charge in [0, 0.05) is 6.42 Å². The Hall–Kier alpha value is -1.84. The normalized spacial score (nSPS) is 18.8. The van der Waals surface area contributed by atoms with Crippen LogP contribution in [0.4, 0.5) is 4.79 Å². The molecule has 2 rings (SSSR count). The summed E-state index contributed by atoms with van der Waals surface area (Å²) in [4.78, 5) is 24.9. The second-order valence-corrected chi connectivity index (χ2v) is 5.22. The monoisotopic (exact) mass is 261 g/mol. The molecular weight excluding hydrogens is 242 g/mol. The van der Waals surface area contributed by atoms with E-state index in [4.69, 9.17) is 4.74 Å². The van der Waals surface area contributed by atoms with Gasteiger partial charge < -0.3 is 4.74 Å². The van der Waals surface area contributed by atoms with Crippen molar-refractivity contribution >= 4 is 12.0 Å². The van der Waals surface area contributed by atoms with Crippen molar-refractivity contribution in [1.29, 1.82) is 0 Å². The molecule has 1 unspecified atom stereocenters. The largest absolute Gasteiger partial charge is 0.439 e. The maximum absolute atomic E-state index is 12.0. The predicted octanol–water partition coefficient (Wildman–Crippen LogP) is 3.14. The van der Waals surface area contributed by atoms with E-state index < -0.39 is 6.09 Å². The average Bonchev–Trinajstić information content (AvgIpc) is 2.79. The van der Waals surface area contributed by atoms with Crippen molar-refractivity contribution in [2.75, 3.05) is 6.54 Å². The van der Waals surface area contributed by atoms with Gasteiger partial charge in [-0.3, -0.25) is 4.79 Å². The first-order valence-electron chi connectivity index (χ1n) is 6.64. The molecular formula is C15H19NO3. The van der Waals surface area contributed by atoms with Crippen LogP contribution in [0.15, 0.2) is 30.3 Å². The highest BCUT2D eigenvalue weighted by molar-refractivity contribution is 5.93. The molecule has 4 heteroatoms. The molecule has 1 atom stereocenters. The number of rotatable bonds is 4. The topological polar surface area (TPSA) is 46.6 Å². The fraction of sp³-hybridized carbons (Fsp3) is 0.467. The molecule has 0 saturated carbocycles. The molecule has 1 aliphatic rings. The maximum Gasteiger partial charge on any atom is 0.417 e. The van der Waals surface area contributed by atoms with Crippen LogP contribution in [0.5, 0.6) is 0 Å². The van der Waals surface area contributed by atoms with Crippen LogP contribution < -0.4 is 0 Å². The number of hydrogen-bond acceptors (Lipinski definition) is 3. The van der Waals surface area contributed by atoms with Crippen molar-refractivity contribution in [3.63, 3.8) is 0 Å². The quantitative estimate of drug-likeness (QED) is 0.836. The van der Waals surface area contributed by atoms with Gasteiger partial charge in [0.1, 0.15) is 6.10 Å². The molecule has 1 aliphatic heterocycles. The van der Waals surface area contributed by atoms with Crippen LogP contribution in [-0.4, -0.2) is 23.4 Å². The van der Waals surface area contributed by atoms with Gasteiger partial charge >= 0.3 is 6.09 Å². The number of cyclic esters (lactones) is 1. The summed E-state index contributed by atoms with van der Waals surface area (Å²) >= 11 is 0. The Morgan fingerprint density at radius 2 is 2.05 bits per heavy atom. The second kappa shape index (κ2) is 5.87. The summed E-state index contributed by atoms with van der Waals surface area (Å²) in [5.41, 5.74) is 0.926. The van der Waals surface area contributed by atoms with Crippen LogP contribution in [-0.2, 0) is 9.53 Å². The number of nitrogens with zero attached hydrogens (tertiary/aromatic N) is 1.